The largest absolute Gasteiger partial charge is 0.453 e. The zero-order chi connectivity index (χ0) is 39.6. The Morgan fingerprint density at radius 1 is 0.267 bits per heavy atom. The lowest BCUT2D eigenvalue weighted by Crippen LogP contribution is -2.10. The van der Waals surface area contributed by atoms with Crippen LogP contribution in [-0.4, -0.2) is 0 Å². The molecule has 0 saturated heterocycles. The lowest BCUT2D eigenvalue weighted by atomic mass is 9.85. The van der Waals surface area contributed by atoms with Crippen LogP contribution in [0.15, 0.2) is 229 Å². The first kappa shape index (κ1) is 34.1. The van der Waals surface area contributed by atoms with E-state index in [0.29, 0.717) is 0 Å². The highest BCUT2D eigenvalue weighted by molar-refractivity contribution is 6.23. The van der Waals surface area contributed by atoms with Gasteiger partial charge in [-0.2, -0.15) is 0 Å². The minimum atomic E-state index is 0.856. The van der Waals surface area contributed by atoms with Gasteiger partial charge in [0.25, 0.3) is 0 Å². The minimum absolute atomic E-state index is 0.856. The number of furan rings is 1. The van der Waals surface area contributed by atoms with E-state index >= 15 is 0 Å². The zero-order valence-corrected chi connectivity index (χ0v) is 32.7. The second kappa shape index (κ2) is 13.9. The summed E-state index contributed by atoms with van der Waals surface area (Å²) < 4.78 is 7.03. The average molecular weight is 764 g/mol. The van der Waals surface area contributed by atoms with Gasteiger partial charge in [-0.1, -0.05) is 182 Å². The molecule has 0 aliphatic rings. The van der Waals surface area contributed by atoms with E-state index in [0.717, 1.165) is 49.8 Å². The summed E-state index contributed by atoms with van der Waals surface area (Å²) in [6, 6.07) is 81.2. The van der Waals surface area contributed by atoms with Gasteiger partial charge in [-0.3, -0.25) is 0 Å². The first-order valence-electron chi connectivity index (χ1n) is 20.6. The molecular weight excluding hydrogens is 727 g/mol. The van der Waals surface area contributed by atoms with Crippen molar-refractivity contribution in [3.8, 4) is 33.4 Å². The molecule has 0 N–H and O–H groups in total. The number of hydrogen-bond acceptors (Lipinski definition) is 2. The van der Waals surface area contributed by atoms with Crippen molar-refractivity contribution >= 4 is 82.1 Å². The summed E-state index contributed by atoms with van der Waals surface area (Å²) >= 11 is 0. The molecular formula is C58H37NO. The Balaban J connectivity index is 1.13. The molecule has 0 unspecified atom stereocenters. The number of hydrogen-bond donors (Lipinski definition) is 0. The average Bonchev–Trinajstić information content (AvgIpc) is 3.72. The second-order valence-electron chi connectivity index (χ2n) is 15.6. The van der Waals surface area contributed by atoms with Crippen molar-refractivity contribution in [1.82, 2.24) is 0 Å². The Labute approximate surface area is 347 Å². The third-order valence-electron chi connectivity index (χ3n) is 12.2. The van der Waals surface area contributed by atoms with Gasteiger partial charge in [0, 0.05) is 27.5 Å². The maximum absolute atomic E-state index is 7.03. The molecule has 1 aromatic heterocycles. The van der Waals surface area contributed by atoms with Crippen molar-refractivity contribution < 1.29 is 4.42 Å². The molecule has 11 aromatic carbocycles. The fourth-order valence-electron chi connectivity index (χ4n) is 9.41. The van der Waals surface area contributed by atoms with E-state index < -0.39 is 0 Å². The Hall–Kier alpha value is -7.94. The van der Waals surface area contributed by atoms with Crippen LogP contribution in [0.5, 0.6) is 0 Å². The van der Waals surface area contributed by atoms with E-state index in [4.69, 9.17) is 4.42 Å². The van der Waals surface area contributed by atoms with Gasteiger partial charge in [0.2, 0.25) is 0 Å². The molecule has 1 heterocycles. The SMILES string of the molecule is c1ccc(-c2c(-c3ccccc3)c3cc(N(c4ccc(-c5ccc6ccccc6c5)cc4)c4cccc5c4oc4c6ccccc6ccc54)ccc3c3ccccc23)cc1. The van der Waals surface area contributed by atoms with Crippen molar-refractivity contribution in [2.45, 2.75) is 0 Å². The van der Waals surface area contributed by atoms with Crippen molar-refractivity contribution in [3.63, 3.8) is 0 Å². The Morgan fingerprint density at radius 3 is 1.57 bits per heavy atom. The predicted octanol–water partition coefficient (Wildman–Crippen LogP) is 16.7. The quantitative estimate of drug-likeness (QED) is 0.157. The molecule has 0 amide bonds. The highest BCUT2D eigenvalue weighted by atomic mass is 16.3. The lowest BCUT2D eigenvalue weighted by Gasteiger charge is -2.27. The van der Waals surface area contributed by atoms with Gasteiger partial charge < -0.3 is 9.32 Å². The molecule has 12 aromatic rings. The maximum Gasteiger partial charge on any atom is 0.159 e. The van der Waals surface area contributed by atoms with Gasteiger partial charge in [0.15, 0.2) is 5.58 Å². The molecule has 0 bridgehead atoms. The molecule has 280 valence electrons. The molecule has 0 atom stereocenters. The van der Waals surface area contributed by atoms with E-state index in [1.807, 2.05) is 0 Å². The summed E-state index contributed by atoms with van der Waals surface area (Å²) in [6.45, 7) is 0. The van der Waals surface area contributed by atoms with Crippen LogP contribution in [0.4, 0.5) is 17.1 Å². The van der Waals surface area contributed by atoms with E-state index in [2.05, 4.69) is 229 Å². The van der Waals surface area contributed by atoms with Gasteiger partial charge in [-0.15, -0.1) is 0 Å². The van der Waals surface area contributed by atoms with E-state index in [1.54, 1.807) is 0 Å². The number of rotatable bonds is 6. The fourth-order valence-corrected chi connectivity index (χ4v) is 9.41. The molecule has 2 heteroatoms. The van der Waals surface area contributed by atoms with E-state index in [9.17, 15) is 0 Å². The van der Waals surface area contributed by atoms with Crippen LogP contribution in [0.25, 0.3) is 98.4 Å². The Kier molecular flexibility index (Phi) is 7.89. The number of fused-ring (bicyclic) bond motifs is 9. The van der Waals surface area contributed by atoms with Crippen LogP contribution in [0.1, 0.15) is 0 Å². The molecule has 0 aliphatic heterocycles. The van der Waals surface area contributed by atoms with Gasteiger partial charge in [-0.25, -0.2) is 0 Å². The smallest absolute Gasteiger partial charge is 0.159 e. The van der Waals surface area contributed by atoms with Crippen molar-refractivity contribution in [2.24, 2.45) is 0 Å². The third-order valence-corrected chi connectivity index (χ3v) is 12.2. The molecule has 12 rings (SSSR count). The first-order valence-corrected chi connectivity index (χ1v) is 20.6. The Morgan fingerprint density at radius 2 is 0.800 bits per heavy atom. The fraction of sp³-hybridized carbons (Fsp3) is 0. The van der Waals surface area contributed by atoms with Gasteiger partial charge in [0.1, 0.15) is 5.58 Å². The summed E-state index contributed by atoms with van der Waals surface area (Å²) in [4.78, 5) is 2.38. The number of anilines is 3. The molecule has 0 spiro atoms. The summed E-state index contributed by atoms with van der Waals surface area (Å²) in [5.74, 6) is 0. The Bertz CT molecular complexity index is 3590. The standard InChI is InChI=1S/C58H37NO/c1-3-16-41(17-4-1)55-50-23-12-11-22-48(50)49-35-33-46(37-53(49)56(55)42-18-5-2-6-19-42)59(45-31-28-39(29-32-45)44-27-26-38-14-7-8-20-43(38)36-44)54-25-13-24-51-52-34-30-40-15-9-10-21-47(40)57(52)60-58(51)54/h1-37H. The predicted molar refractivity (Wildman–Crippen MR) is 255 cm³/mol. The molecule has 0 saturated carbocycles. The van der Waals surface area contributed by atoms with Crippen LogP contribution in [0.3, 0.4) is 0 Å². The molecule has 0 fully saturated rings. The van der Waals surface area contributed by atoms with Crippen molar-refractivity contribution in [3.05, 3.63) is 224 Å². The topological polar surface area (TPSA) is 16.4 Å². The van der Waals surface area contributed by atoms with Gasteiger partial charge in [0.05, 0.1) is 5.69 Å². The van der Waals surface area contributed by atoms with Crippen LogP contribution in [-0.2, 0) is 0 Å². The van der Waals surface area contributed by atoms with Crippen LogP contribution in [0, 0.1) is 0 Å². The van der Waals surface area contributed by atoms with Crippen LogP contribution >= 0.6 is 0 Å². The van der Waals surface area contributed by atoms with Gasteiger partial charge >= 0.3 is 0 Å². The monoisotopic (exact) mass is 763 g/mol. The van der Waals surface area contributed by atoms with Crippen molar-refractivity contribution in [1.29, 1.82) is 0 Å². The maximum atomic E-state index is 7.03. The van der Waals surface area contributed by atoms with Crippen molar-refractivity contribution in [2.75, 3.05) is 4.90 Å². The molecule has 2 nitrogen and oxygen atoms in total. The minimum Gasteiger partial charge on any atom is -0.453 e. The van der Waals surface area contributed by atoms with Crippen LogP contribution < -0.4 is 4.90 Å². The first-order chi connectivity index (χ1) is 29.8. The van der Waals surface area contributed by atoms with E-state index in [-0.39, 0.29) is 0 Å². The summed E-state index contributed by atoms with van der Waals surface area (Å²) in [6.07, 6.45) is 0. The number of nitrogens with zero attached hydrogens (tertiary/aromatic N) is 1. The summed E-state index contributed by atoms with van der Waals surface area (Å²) in [5, 5.41) is 11.8. The van der Waals surface area contributed by atoms with E-state index in [1.165, 1.54) is 65.7 Å². The van der Waals surface area contributed by atoms with Gasteiger partial charge in [-0.05, 0) is 114 Å². The molecule has 60 heavy (non-hydrogen) atoms. The summed E-state index contributed by atoms with van der Waals surface area (Å²) in [5.41, 5.74) is 12.0. The highest BCUT2D eigenvalue weighted by Crippen LogP contribution is 2.48. The number of benzene rings is 11. The third kappa shape index (κ3) is 5.50. The zero-order valence-electron chi connectivity index (χ0n) is 32.7. The lowest BCUT2D eigenvalue weighted by molar-refractivity contribution is 0.673. The number of para-hydroxylation sites is 1. The normalized spacial score (nSPS) is 11.7. The molecule has 0 radical (unpaired) electrons. The second-order valence-corrected chi connectivity index (χ2v) is 15.6. The highest BCUT2D eigenvalue weighted by Gasteiger charge is 2.23. The molecule has 0 aliphatic carbocycles. The van der Waals surface area contributed by atoms with Crippen LogP contribution in [0.2, 0.25) is 0 Å². The summed E-state index contributed by atoms with van der Waals surface area (Å²) in [7, 11) is 0.